The van der Waals surface area contributed by atoms with Gasteiger partial charge in [-0.05, 0) is 25.1 Å². The second-order valence-corrected chi connectivity index (χ2v) is 6.77. The zero-order chi connectivity index (χ0) is 19.2. The SMILES string of the molecule is COc1ccccc1NC(=O)[C@@H](C)N1CCN(Cc2ccccc2F)CC1. The number of carbonyl (C=O) groups excluding carboxylic acids is 1. The fraction of sp³-hybridized carbons (Fsp3) is 0.381. The van der Waals surface area contributed by atoms with Gasteiger partial charge in [0.25, 0.3) is 0 Å². The van der Waals surface area contributed by atoms with Crippen LogP contribution in [0.2, 0.25) is 0 Å². The Bertz CT molecular complexity index is 776. The van der Waals surface area contributed by atoms with Crippen LogP contribution >= 0.6 is 0 Å². The summed E-state index contributed by atoms with van der Waals surface area (Å²) in [6.07, 6.45) is 0. The molecule has 3 rings (SSSR count). The van der Waals surface area contributed by atoms with Crippen molar-refractivity contribution >= 4 is 11.6 Å². The van der Waals surface area contributed by atoms with E-state index in [-0.39, 0.29) is 17.8 Å². The van der Waals surface area contributed by atoms with Crippen LogP contribution in [0, 0.1) is 5.82 Å². The van der Waals surface area contributed by atoms with Gasteiger partial charge in [-0.1, -0.05) is 30.3 Å². The van der Waals surface area contributed by atoms with E-state index >= 15 is 0 Å². The summed E-state index contributed by atoms with van der Waals surface area (Å²) in [6.45, 7) is 5.67. The molecule has 1 aliphatic heterocycles. The molecule has 1 atom stereocenters. The maximum absolute atomic E-state index is 13.8. The quantitative estimate of drug-likeness (QED) is 0.848. The third-order valence-corrected chi connectivity index (χ3v) is 5.05. The smallest absolute Gasteiger partial charge is 0.241 e. The highest BCUT2D eigenvalue weighted by molar-refractivity contribution is 5.95. The van der Waals surface area contributed by atoms with Crippen LogP contribution in [0.3, 0.4) is 0 Å². The minimum Gasteiger partial charge on any atom is -0.495 e. The van der Waals surface area contributed by atoms with Gasteiger partial charge in [0.1, 0.15) is 11.6 Å². The summed E-state index contributed by atoms with van der Waals surface area (Å²) in [5.74, 6) is 0.430. The number of benzene rings is 2. The number of ether oxygens (including phenoxy) is 1. The molecule has 1 aliphatic rings. The van der Waals surface area contributed by atoms with E-state index in [0.29, 0.717) is 23.5 Å². The molecule has 5 nitrogen and oxygen atoms in total. The van der Waals surface area contributed by atoms with Gasteiger partial charge in [-0.2, -0.15) is 0 Å². The van der Waals surface area contributed by atoms with E-state index in [1.807, 2.05) is 43.3 Å². The van der Waals surface area contributed by atoms with Crippen molar-refractivity contribution in [2.24, 2.45) is 0 Å². The van der Waals surface area contributed by atoms with E-state index in [1.54, 1.807) is 13.2 Å². The third-order valence-electron chi connectivity index (χ3n) is 5.05. The number of methoxy groups -OCH3 is 1. The highest BCUT2D eigenvalue weighted by Gasteiger charge is 2.26. The van der Waals surface area contributed by atoms with Crippen molar-refractivity contribution in [3.05, 3.63) is 59.9 Å². The Balaban J connectivity index is 1.52. The molecule has 27 heavy (non-hydrogen) atoms. The Labute approximate surface area is 159 Å². The number of hydrogen-bond acceptors (Lipinski definition) is 4. The molecule has 2 aromatic carbocycles. The number of rotatable bonds is 6. The number of para-hydroxylation sites is 2. The Morgan fingerprint density at radius 2 is 1.78 bits per heavy atom. The monoisotopic (exact) mass is 371 g/mol. The minimum absolute atomic E-state index is 0.0537. The summed E-state index contributed by atoms with van der Waals surface area (Å²) in [4.78, 5) is 17.0. The van der Waals surface area contributed by atoms with Crippen LogP contribution < -0.4 is 10.1 Å². The minimum atomic E-state index is -0.245. The molecular weight excluding hydrogens is 345 g/mol. The fourth-order valence-electron chi connectivity index (χ4n) is 3.33. The number of carbonyl (C=O) groups is 1. The summed E-state index contributed by atoms with van der Waals surface area (Å²) in [5, 5.41) is 2.95. The molecule has 1 heterocycles. The van der Waals surface area contributed by atoms with Crippen molar-refractivity contribution in [1.82, 2.24) is 9.80 Å². The molecule has 144 valence electrons. The second kappa shape index (κ2) is 8.97. The lowest BCUT2D eigenvalue weighted by Gasteiger charge is -2.37. The highest BCUT2D eigenvalue weighted by atomic mass is 19.1. The Kier molecular flexibility index (Phi) is 6.42. The molecule has 0 unspecified atom stereocenters. The van der Waals surface area contributed by atoms with Gasteiger partial charge in [0, 0.05) is 38.3 Å². The van der Waals surface area contributed by atoms with Crippen molar-refractivity contribution in [1.29, 1.82) is 0 Å². The number of anilines is 1. The first-order valence-electron chi connectivity index (χ1n) is 9.22. The Hall–Kier alpha value is -2.44. The van der Waals surface area contributed by atoms with E-state index < -0.39 is 0 Å². The van der Waals surface area contributed by atoms with Crippen LogP contribution in [0.1, 0.15) is 12.5 Å². The Morgan fingerprint density at radius 3 is 2.48 bits per heavy atom. The predicted molar refractivity (Wildman–Crippen MR) is 104 cm³/mol. The summed E-state index contributed by atoms with van der Waals surface area (Å²) >= 11 is 0. The number of nitrogens with one attached hydrogen (secondary N) is 1. The van der Waals surface area contributed by atoms with Crippen LogP contribution in [-0.4, -0.2) is 55.0 Å². The maximum atomic E-state index is 13.8. The highest BCUT2D eigenvalue weighted by Crippen LogP contribution is 2.23. The molecule has 1 amide bonds. The van der Waals surface area contributed by atoms with Gasteiger partial charge >= 0.3 is 0 Å². The fourth-order valence-corrected chi connectivity index (χ4v) is 3.33. The predicted octanol–water partition coefficient (Wildman–Crippen LogP) is 2.98. The molecule has 0 aromatic heterocycles. The standard InChI is InChI=1S/C21H26FN3O2/c1-16(21(26)23-19-9-5-6-10-20(19)27-2)25-13-11-24(12-14-25)15-17-7-3-4-8-18(17)22/h3-10,16H,11-15H2,1-2H3,(H,23,26)/t16-/m1/s1. The van der Waals surface area contributed by atoms with Crippen LogP contribution in [0.5, 0.6) is 5.75 Å². The molecule has 2 aromatic rings. The number of halogens is 1. The third kappa shape index (κ3) is 4.84. The van der Waals surface area contributed by atoms with Gasteiger partial charge in [0.2, 0.25) is 5.91 Å². The lowest BCUT2D eigenvalue weighted by Crippen LogP contribution is -2.52. The molecule has 1 N–H and O–H groups in total. The van der Waals surface area contributed by atoms with Crippen molar-refractivity contribution in [3.63, 3.8) is 0 Å². The van der Waals surface area contributed by atoms with Crippen LogP contribution in [0.4, 0.5) is 10.1 Å². The molecule has 6 heteroatoms. The molecular formula is C21H26FN3O2. The van der Waals surface area contributed by atoms with Crippen molar-refractivity contribution in [2.45, 2.75) is 19.5 Å². The molecule has 0 aliphatic carbocycles. The lowest BCUT2D eigenvalue weighted by molar-refractivity contribution is -0.121. The van der Waals surface area contributed by atoms with Crippen LogP contribution in [-0.2, 0) is 11.3 Å². The number of nitrogens with zero attached hydrogens (tertiary/aromatic N) is 2. The van der Waals surface area contributed by atoms with Gasteiger partial charge < -0.3 is 10.1 Å². The topological polar surface area (TPSA) is 44.8 Å². The molecule has 0 saturated carbocycles. The lowest BCUT2D eigenvalue weighted by atomic mass is 10.1. The summed E-state index contributed by atoms with van der Waals surface area (Å²) < 4.78 is 19.1. The van der Waals surface area contributed by atoms with Gasteiger partial charge in [0.05, 0.1) is 18.8 Å². The van der Waals surface area contributed by atoms with Crippen molar-refractivity contribution in [2.75, 3.05) is 38.6 Å². The van der Waals surface area contributed by atoms with Gasteiger partial charge in [-0.25, -0.2) is 4.39 Å². The Morgan fingerprint density at radius 1 is 1.11 bits per heavy atom. The number of amides is 1. The average molecular weight is 371 g/mol. The largest absolute Gasteiger partial charge is 0.495 e. The first-order chi connectivity index (χ1) is 13.1. The zero-order valence-electron chi connectivity index (χ0n) is 15.8. The molecule has 0 radical (unpaired) electrons. The zero-order valence-corrected chi connectivity index (χ0v) is 15.8. The van der Waals surface area contributed by atoms with E-state index in [1.165, 1.54) is 6.07 Å². The second-order valence-electron chi connectivity index (χ2n) is 6.77. The van der Waals surface area contributed by atoms with E-state index in [4.69, 9.17) is 4.74 Å². The van der Waals surface area contributed by atoms with Gasteiger partial charge in [-0.3, -0.25) is 14.6 Å². The van der Waals surface area contributed by atoms with E-state index in [0.717, 1.165) is 26.2 Å². The van der Waals surface area contributed by atoms with E-state index in [2.05, 4.69) is 15.1 Å². The summed E-state index contributed by atoms with van der Waals surface area (Å²) in [5.41, 5.74) is 1.39. The van der Waals surface area contributed by atoms with Gasteiger partial charge in [-0.15, -0.1) is 0 Å². The van der Waals surface area contributed by atoms with Crippen LogP contribution in [0.25, 0.3) is 0 Å². The average Bonchev–Trinajstić information content (AvgIpc) is 2.70. The van der Waals surface area contributed by atoms with Crippen LogP contribution in [0.15, 0.2) is 48.5 Å². The maximum Gasteiger partial charge on any atom is 0.241 e. The van der Waals surface area contributed by atoms with E-state index in [9.17, 15) is 9.18 Å². The first kappa shape index (κ1) is 19.3. The van der Waals surface area contributed by atoms with Gasteiger partial charge in [0.15, 0.2) is 0 Å². The molecule has 0 spiro atoms. The number of hydrogen-bond donors (Lipinski definition) is 1. The van der Waals surface area contributed by atoms with Crippen molar-refractivity contribution < 1.29 is 13.9 Å². The van der Waals surface area contributed by atoms with Crippen molar-refractivity contribution in [3.8, 4) is 5.75 Å². The number of piperazine rings is 1. The normalized spacial score (nSPS) is 16.7. The molecule has 1 fully saturated rings. The first-order valence-corrected chi connectivity index (χ1v) is 9.22. The summed E-state index contributed by atoms with van der Waals surface area (Å²) in [6, 6.07) is 14.0. The molecule has 1 saturated heterocycles. The summed E-state index contributed by atoms with van der Waals surface area (Å²) in [7, 11) is 1.59. The molecule has 0 bridgehead atoms.